The van der Waals surface area contributed by atoms with Crippen molar-refractivity contribution in [1.29, 1.82) is 0 Å². The molecule has 0 unspecified atom stereocenters. The van der Waals surface area contributed by atoms with Gasteiger partial charge in [-0.1, -0.05) is 12.1 Å². The maximum Gasteiger partial charge on any atom is 0.416 e. The smallest absolute Gasteiger partial charge is 0.384 e. The van der Waals surface area contributed by atoms with Crippen LogP contribution in [0.2, 0.25) is 0 Å². The first-order valence-electron chi connectivity index (χ1n) is 9.87. The van der Waals surface area contributed by atoms with Gasteiger partial charge in [-0.15, -0.1) is 0 Å². The first-order valence-corrected chi connectivity index (χ1v) is 9.87. The van der Waals surface area contributed by atoms with Gasteiger partial charge >= 0.3 is 6.18 Å². The number of amides is 2. The molecule has 0 bridgehead atoms. The number of benzene rings is 2. The Labute approximate surface area is 184 Å². The Morgan fingerprint density at radius 3 is 2.31 bits per heavy atom. The molecule has 32 heavy (non-hydrogen) atoms. The number of hydrogen-bond donors (Lipinski definition) is 1. The molecule has 0 saturated carbocycles. The summed E-state index contributed by atoms with van der Waals surface area (Å²) in [7, 11) is 1.44. The van der Waals surface area contributed by atoms with E-state index in [1.54, 1.807) is 12.1 Å². The number of rotatable bonds is 5. The predicted octanol–water partition coefficient (Wildman–Crippen LogP) is 4.47. The van der Waals surface area contributed by atoms with E-state index in [1.165, 1.54) is 25.0 Å². The second-order valence-corrected chi connectivity index (χ2v) is 7.68. The summed E-state index contributed by atoms with van der Waals surface area (Å²) < 4.78 is 45.1. The van der Waals surface area contributed by atoms with E-state index >= 15 is 0 Å². The molecule has 0 saturated heterocycles. The summed E-state index contributed by atoms with van der Waals surface area (Å²) in [5.41, 5.74) is 1.83. The van der Waals surface area contributed by atoms with Gasteiger partial charge in [-0.05, 0) is 56.2 Å². The van der Waals surface area contributed by atoms with Gasteiger partial charge in [0.25, 0.3) is 5.91 Å². The number of carbonyl (C=O) groups excluding carboxylic acids is 2. The highest BCUT2D eigenvalue weighted by Gasteiger charge is 2.39. The standard InChI is InChI=1S/C23H24F3N3O3/c1-13-9-14(2)11-17(10-13)28-19-12-16(23(24,25)26)5-6-18(19)21(22(28)31)15(3)29(27)20(30)7-8-32-4/h5-6,9-12H,7-8,27H2,1-4H3/b21-15-. The third-order valence-corrected chi connectivity index (χ3v) is 5.23. The van der Waals surface area contributed by atoms with E-state index in [0.29, 0.717) is 5.69 Å². The van der Waals surface area contributed by atoms with Gasteiger partial charge < -0.3 is 4.74 Å². The van der Waals surface area contributed by atoms with Crippen LogP contribution in [0.1, 0.15) is 35.6 Å². The fraction of sp³-hybridized carbons (Fsp3) is 0.304. The molecule has 2 N–H and O–H groups in total. The van der Waals surface area contributed by atoms with E-state index in [2.05, 4.69) is 0 Å². The number of hydrazine groups is 1. The van der Waals surface area contributed by atoms with Crippen LogP contribution >= 0.6 is 0 Å². The van der Waals surface area contributed by atoms with E-state index < -0.39 is 23.6 Å². The largest absolute Gasteiger partial charge is 0.416 e. The predicted molar refractivity (Wildman–Crippen MR) is 115 cm³/mol. The summed E-state index contributed by atoms with van der Waals surface area (Å²) in [6, 6.07) is 8.44. The topological polar surface area (TPSA) is 75.9 Å². The van der Waals surface area contributed by atoms with Crippen molar-refractivity contribution < 1.29 is 27.5 Å². The van der Waals surface area contributed by atoms with Crippen LogP contribution < -0.4 is 10.7 Å². The van der Waals surface area contributed by atoms with Crippen molar-refractivity contribution in [2.45, 2.75) is 33.4 Å². The second-order valence-electron chi connectivity index (χ2n) is 7.68. The molecule has 2 aromatic rings. The van der Waals surface area contributed by atoms with Gasteiger partial charge in [0.2, 0.25) is 5.91 Å². The number of halogens is 3. The number of methoxy groups -OCH3 is 1. The number of nitrogens with zero attached hydrogens (tertiary/aromatic N) is 2. The molecule has 0 fully saturated rings. The van der Waals surface area contributed by atoms with Crippen LogP contribution in [-0.4, -0.2) is 30.5 Å². The minimum Gasteiger partial charge on any atom is -0.384 e. The molecule has 1 aliphatic rings. The molecule has 0 aromatic heterocycles. The number of nitrogens with two attached hydrogens (primary N) is 1. The summed E-state index contributed by atoms with van der Waals surface area (Å²) in [6.45, 7) is 5.30. The fourth-order valence-electron chi connectivity index (χ4n) is 3.74. The van der Waals surface area contributed by atoms with E-state index in [4.69, 9.17) is 10.6 Å². The Bertz CT molecular complexity index is 1090. The van der Waals surface area contributed by atoms with Crippen LogP contribution in [-0.2, 0) is 20.5 Å². The van der Waals surface area contributed by atoms with Gasteiger partial charge in [0.05, 0.1) is 29.9 Å². The van der Waals surface area contributed by atoms with Crippen molar-refractivity contribution in [3.8, 4) is 0 Å². The van der Waals surface area contributed by atoms with Gasteiger partial charge in [-0.25, -0.2) is 5.84 Å². The number of alkyl halides is 3. The minimum atomic E-state index is -4.58. The SMILES string of the molecule is COCCC(=O)N(N)/C(C)=C1\C(=O)N(c2cc(C)cc(C)c2)c2cc(C(F)(F)F)ccc21. The maximum atomic E-state index is 13.5. The molecule has 0 spiro atoms. The number of fused-ring (bicyclic) bond motifs is 1. The first-order chi connectivity index (χ1) is 15.0. The Morgan fingerprint density at radius 2 is 1.75 bits per heavy atom. The van der Waals surface area contributed by atoms with E-state index in [0.717, 1.165) is 28.3 Å². The van der Waals surface area contributed by atoms with Crippen molar-refractivity contribution >= 4 is 28.8 Å². The van der Waals surface area contributed by atoms with Crippen molar-refractivity contribution in [3.63, 3.8) is 0 Å². The summed E-state index contributed by atoms with van der Waals surface area (Å²) in [5, 5.41) is 0.846. The monoisotopic (exact) mass is 447 g/mol. The van der Waals surface area contributed by atoms with E-state index in [-0.39, 0.29) is 35.5 Å². The highest BCUT2D eigenvalue weighted by Crippen LogP contribution is 2.45. The van der Waals surface area contributed by atoms with E-state index in [9.17, 15) is 22.8 Å². The Hall–Kier alpha value is -3.17. The molecule has 2 amide bonds. The zero-order valence-corrected chi connectivity index (χ0v) is 18.2. The summed E-state index contributed by atoms with van der Waals surface area (Å²) >= 11 is 0. The lowest BCUT2D eigenvalue weighted by Crippen LogP contribution is -2.37. The highest BCUT2D eigenvalue weighted by molar-refractivity contribution is 6.35. The number of aryl methyl sites for hydroxylation is 2. The van der Waals surface area contributed by atoms with Crippen LogP contribution in [0.4, 0.5) is 24.5 Å². The van der Waals surface area contributed by atoms with Crippen LogP contribution in [0.5, 0.6) is 0 Å². The molecule has 3 rings (SSSR count). The Kier molecular flexibility index (Phi) is 6.43. The summed E-state index contributed by atoms with van der Waals surface area (Å²) in [4.78, 5) is 27.1. The van der Waals surface area contributed by atoms with Crippen LogP contribution in [0.3, 0.4) is 0 Å². The van der Waals surface area contributed by atoms with Gasteiger partial charge in [0, 0.05) is 24.1 Å². The quantitative estimate of drug-likeness (QED) is 0.318. The van der Waals surface area contributed by atoms with Crippen molar-refractivity contribution in [2.24, 2.45) is 5.84 Å². The fourth-order valence-corrected chi connectivity index (χ4v) is 3.74. The lowest BCUT2D eigenvalue weighted by Gasteiger charge is -2.21. The molecule has 2 aromatic carbocycles. The van der Waals surface area contributed by atoms with Gasteiger partial charge in [0.1, 0.15) is 0 Å². The molecular formula is C23H24F3N3O3. The van der Waals surface area contributed by atoms with Crippen molar-refractivity contribution in [2.75, 3.05) is 18.6 Å². The Balaban J connectivity index is 2.21. The normalized spacial score (nSPS) is 15.1. The third kappa shape index (κ3) is 4.39. The zero-order chi connectivity index (χ0) is 23.8. The molecule has 0 radical (unpaired) electrons. The Morgan fingerprint density at radius 1 is 1.12 bits per heavy atom. The number of hydrogen-bond acceptors (Lipinski definition) is 4. The van der Waals surface area contributed by atoms with Crippen LogP contribution in [0.25, 0.3) is 5.57 Å². The molecule has 1 heterocycles. The minimum absolute atomic E-state index is 0.00747. The number of allylic oxidation sites excluding steroid dienone is 1. The molecule has 9 heteroatoms. The first kappa shape index (κ1) is 23.5. The average Bonchev–Trinajstić information content (AvgIpc) is 3.00. The van der Waals surface area contributed by atoms with Gasteiger partial charge in [0.15, 0.2) is 0 Å². The van der Waals surface area contributed by atoms with E-state index in [1.807, 2.05) is 19.9 Å². The van der Waals surface area contributed by atoms with Crippen molar-refractivity contribution in [3.05, 3.63) is 64.3 Å². The number of ether oxygens (including phenoxy) is 1. The van der Waals surface area contributed by atoms with Gasteiger partial charge in [-0.2, -0.15) is 13.2 Å². The zero-order valence-electron chi connectivity index (χ0n) is 18.2. The molecule has 1 aliphatic heterocycles. The number of anilines is 2. The molecule has 0 aliphatic carbocycles. The maximum absolute atomic E-state index is 13.5. The number of carbonyl (C=O) groups is 2. The van der Waals surface area contributed by atoms with Crippen molar-refractivity contribution in [1.82, 2.24) is 5.01 Å². The lowest BCUT2D eigenvalue weighted by atomic mass is 10.0. The summed E-state index contributed by atoms with van der Waals surface area (Å²) in [5.74, 6) is 4.91. The summed E-state index contributed by atoms with van der Waals surface area (Å²) in [6.07, 6.45) is -4.59. The van der Waals surface area contributed by atoms with Crippen LogP contribution in [0.15, 0.2) is 42.1 Å². The highest BCUT2D eigenvalue weighted by atomic mass is 19.4. The van der Waals surface area contributed by atoms with Crippen LogP contribution in [0, 0.1) is 13.8 Å². The second kappa shape index (κ2) is 8.76. The molecular weight excluding hydrogens is 423 g/mol. The molecule has 6 nitrogen and oxygen atoms in total. The lowest BCUT2D eigenvalue weighted by molar-refractivity contribution is -0.137. The molecule has 170 valence electrons. The van der Waals surface area contributed by atoms with Gasteiger partial charge in [-0.3, -0.25) is 19.5 Å². The molecule has 0 atom stereocenters. The average molecular weight is 447 g/mol. The third-order valence-electron chi connectivity index (χ3n) is 5.23.